The molecule has 2 aromatic rings. The molecule has 142 valence electrons. The maximum absolute atomic E-state index is 12.5. The number of nitrogens with zero attached hydrogens (tertiary/aromatic N) is 3. The van der Waals surface area contributed by atoms with Crippen molar-refractivity contribution in [2.24, 2.45) is 0 Å². The first-order chi connectivity index (χ1) is 12.4. The van der Waals surface area contributed by atoms with Gasteiger partial charge in [0.25, 0.3) is 0 Å². The Morgan fingerprint density at radius 1 is 1.00 bits per heavy atom. The van der Waals surface area contributed by atoms with E-state index < -0.39 is 20.0 Å². The van der Waals surface area contributed by atoms with E-state index in [1.165, 1.54) is 28.6 Å². The summed E-state index contributed by atoms with van der Waals surface area (Å²) >= 11 is 0. The van der Waals surface area contributed by atoms with Crippen LogP contribution in [-0.4, -0.2) is 50.6 Å². The molecular weight excluding hydrogens is 376 g/mol. The molecule has 0 spiro atoms. The SMILES string of the molecule is O=S(=O)(NCCCn1cccn1)c1ccc(S(=O)(=O)N2CCCC2)cc1. The molecule has 2 heterocycles. The van der Waals surface area contributed by atoms with Crippen LogP contribution in [0.5, 0.6) is 0 Å². The van der Waals surface area contributed by atoms with E-state index in [0.717, 1.165) is 12.8 Å². The van der Waals surface area contributed by atoms with Crippen LogP contribution >= 0.6 is 0 Å². The maximum atomic E-state index is 12.5. The Kier molecular flexibility index (Phi) is 5.76. The van der Waals surface area contributed by atoms with Crippen molar-refractivity contribution < 1.29 is 16.8 Å². The predicted octanol–water partition coefficient (Wildman–Crippen LogP) is 1.04. The predicted molar refractivity (Wildman–Crippen MR) is 96.5 cm³/mol. The Bertz CT molecular complexity index is 917. The Hall–Kier alpha value is -1.75. The number of benzene rings is 1. The lowest BCUT2D eigenvalue weighted by atomic mass is 10.4. The first-order valence-corrected chi connectivity index (χ1v) is 11.4. The normalized spacial score (nSPS) is 16.2. The highest BCUT2D eigenvalue weighted by molar-refractivity contribution is 7.89. The van der Waals surface area contributed by atoms with Crippen LogP contribution in [0.2, 0.25) is 0 Å². The minimum absolute atomic E-state index is 0.0527. The zero-order valence-corrected chi connectivity index (χ0v) is 15.9. The van der Waals surface area contributed by atoms with Crippen LogP contribution in [0.15, 0.2) is 52.5 Å². The van der Waals surface area contributed by atoms with Gasteiger partial charge in [-0.2, -0.15) is 9.40 Å². The molecule has 1 fully saturated rings. The van der Waals surface area contributed by atoms with Crippen LogP contribution in [0, 0.1) is 0 Å². The van der Waals surface area contributed by atoms with E-state index in [1.54, 1.807) is 10.9 Å². The fourth-order valence-electron chi connectivity index (χ4n) is 2.83. The van der Waals surface area contributed by atoms with Gasteiger partial charge in [-0.15, -0.1) is 0 Å². The molecule has 0 aliphatic carbocycles. The first kappa shape index (κ1) is 19.0. The molecule has 1 saturated heterocycles. The summed E-state index contributed by atoms with van der Waals surface area (Å²) < 4.78 is 55.3. The molecule has 3 rings (SSSR count). The van der Waals surface area contributed by atoms with Crippen LogP contribution < -0.4 is 4.72 Å². The average molecular weight is 399 g/mol. The lowest BCUT2D eigenvalue weighted by Gasteiger charge is -2.15. The Morgan fingerprint density at radius 2 is 1.65 bits per heavy atom. The second kappa shape index (κ2) is 7.87. The summed E-state index contributed by atoms with van der Waals surface area (Å²) in [6.07, 6.45) is 5.79. The molecule has 1 aromatic heterocycles. The molecule has 0 unspecified atom stereocenters. The van der Waals surface area contributed by atoms with E-state index in [0.29, 0.717) is 26.1 Å². The number of sulfonamides is 2. The summed E-state index contributed by atoms with van der Waals surface area (Å²) in [6.45, 7) is 1.92. The second-order valence-corrected chi connectivity index (χ2v) is 9.81. The van der Waals surface area contributed by atoms with Gasteiger partial charge in [-0.25, -0.2) is 21.6 Å². The summed E-state index contributed by atoms with van der Waals surface area (Å²) in [6, 6.07) is 7.18. The minimum atomic E-state index is -3.67. The fourth-order valence-corrected chi connectivity index (χ4v) is 5.42. The van der Waals surface area contributed by atoms with Crippen LogP contribution in [-0.2, 0) is 26.6 Å². The van der Waals surface area contributed by atoms with Crippen LogP contribution in [0.1, 0.15) is 19.3 Å². The minimum Gasteiger partial charge on any atom is -0.273 e. The van der Waals surface area contributed by atoms with E-state index in [4.69, 9.17) is 0 Å². The molecule has 0 bridgehead atoms. The molecule has 1 N–H and O–H groups in total. The average Bonchev–Trinajstić information content (AvgIpc) is 3.32. The molecule has 1 aliphatic rings. The van der Waals surface area contributed by atoms with Crippen molar-refractivity contribution in [3.05, 3.63) is 42.7 Å². The van der Waals surface area contributed by atoms with E-state index in [1.807, 2.05) is 12.3 Å². The number of nitrogens with one attached hydrogen (secondary N) is 1. The molecule has 10 heteroatoms. The smallest absolute Gasteiger partial charge is 0.243 e. The third-order valence-corrected chi connectivity index (χ3v) is 7.64. The number of hydrogen-bond acceptors (Lipinski definition) is 5. The van der Waals surface area contributed by atoms with Crippen LogP contribution in [0.4, 0.5) is 0 Å². The number of rotatable bonds is 8. The van der Waals surface area contributed by atoms with Crippen molar-refractivity contribution in [2.75, 3.05) is 19.6 Å². The van der Waals surface area contributed by atoms with E-state index in [2.05, 4.69) is 9.82 Å². The maximum Gasteiger partial charge on any atom is 0.243 e. The molecule has 26 heavy (non-hydrogen) atoms. The molecule has 8 nitrogen and oxygen atoms in total. The lowest BCUT2D eigenvalue weighted by molar-refractivity contribution is 0.477. The van der Waals surface area contributed by atoms with Crippen LogP contribution in [0.25, 0.3) is 0 Å². The van der Waals surface area contributed by atoms with Gasteiger partial charge in [-0.3, -0.25) is 4.68 Å². The highest BCUT2D eigenvalue weighted by Crippen LogP contribution is 2.22. The van der Waals surface area contributed by atoms with Gasteiger partial charge in [0.15, 0.2) is 0 Å². The number of aromatic nitrogens is 2. The molecular formula is C16H22N4O4S2. The lowest BCUT2D eigenvalue weighted by Crippen LogP contribution is -2.28. The monoisotopic (exact) mass is 398 g/mol. The fraction of sp³-hybridized carbons (Fsp3) is 0.438. The Balaban J connectivity index is 1.61. The van der Waals surface area contributed by atoms with Crippen molar-refractivity contribution in [2.45, 2.75) is 35.6 Å². The van der Waals surface area contributed by atoms with Gasteiger partial charge < -0.3 is 0 Å². The van der Waals surface area contributed by atoms with Crippen molar-refractivity contribution in [3.63, 3.8) is 0 Å². The Morgan fingerprint density at radius 3 is 2.27 bits per heavy atom. The highest BCUT2D eigenvalue weighted by Gasteiger charge is 2.27. The van der Waals surface area contributed by atoms with Crippen molar-refractivity contribution in [1.82, 2.24) is 18.8 Å². The summed E-state index contributed by atoms with van der Waals surface area (Å²) in [5.74, 6) is 0. The second-order valence-electron chi connectivity index (χ2n) is 6.10. The van der Waals surface area contributed by atoms with Crippen molar-refractivity contribution in [3.8, 4) is 0 Å². The van der Waals surface area contributed by atoms with Crippen molar-refractivity contribution in [1.29, 1.82) is 0 Å². The number of hydrogen-bond donors (Lipinski definition) is 1. The van der Waals surface area contributed by atoms with Crippen LogP contribution in [0.3, 0.4) is 0 Å². The first-order valence-electron chi connectivity index (χ1n) is 8.47. The number of aryl methyl sites for hydroxylation is 1. The molecule has 0 saturated carbocycles. The topological polar surface area (TPSA) is 101 Å². The van der Waals surface area contributed by atoms with E-state index in [9.17, 15) is 16.8 Å². The zero-order chi connectivity index (χ0) is 18.6. The van der Waals surface area contributed by atoms with Gasteiger partial charge in [0.05, 0.1) is 9.79 Å². The highest BCUT2D eigenvalue weighted by atomic mass is 32.2. The van der Waals surface area contributed by atoms with Gasteiger partial charge in [0.2, 0.25) is 20.0 Å². The molecule has 1 aliphatic heterocycles. The van der Waals surface area contributed by atoms with Gasteiger partial charge >= 0.3 is 0 Å². The molecule has 0 atom stereocenters. The third-order valence-electron chi connectivity index (χ3n) is 4.25. The van der Waals surface area contributed by atoms with Gasteiger partial charge in [-0.1, -0.05) is 0 Å². The van der Waals surface area contributed by atoms with Gasteiger partial charge in [0.1, 0.15) is 0 Å². The van der Waals surface area contributed by atoms with E-state index in [-0.39, 0.29) is 16.3 Å². The summed E-state index contributed by atoms with van der Waals surface area (Å²) in [5.41, 5.74) is 0. The quantitative estimate of drug-likeness (QED) is 0.670. The van der Waals surface area contributed by atoms with Gasteiger partial charge in [-0.05, 0) is 49.6 Å². The van der Waals surface area contributed by atoms with E-state index >= 15 is 0 Å². The van der Waals surface area contributed by atoms with Crippen molar-refractivity contribution >= 4 is 20.0 Å². The molecule has 0 radical (unpaired) electrons. The summed E-state index contributed by atoms with van der Waals surface area (Å²) in [7, 11) is -7.21. The summed E-state index contributed by atoms with van der Waals surface area (Å²) in [5, 5.41) is 4.05. The molecule has 1 aromatic carbocycles. The largest absolute Gasteiger partial charge is 0.273 e. The summed E-state index contributed by atoms with van der Waals surface area (Å²) in [4.78, 5) is 0.175. The molecule has 0 amide bonds. The Labute approximate surface area is 153 Å². The standard InChI is InChI=1S/C16H22N4O4S2/c21-25(22,18-10-4-12-19-11-3-9-17-19)15-5-7-16(8-6-15)26(23,24)20-13-1-2-14-20/h3,5-9,11,18H,1-2,4,10,12-14H2. The zero-order valence-electron chi connectivity index (χ0n) is 14.3. The van der Waals surface area contributed by atoms with Gasteiger partial charge in [0, 0.05) is 38.6 Å². The third kappa shape index (κ3) is 4.32.